The van der Waals surface area contributed by atoms with Crippen molar-refractivity contribution in [1.29, 1.82) is 0 Å². The van der Waals surface area contributed by atoms with Gasteiger partial charge in [-0.3, -0.25) is 4.79 Å². The third kappa shape index (κ3) is 2.31. The molecule has 0 unspecified atom stereocenters. The summed E-state index contributed by atoms with van der Waals surface area (Å²) in [5.41, 5.74) is 5.02. The van der Waals surface area contributed by atoms with Gasteiger partial charge in [0.15, 0.2) is 0 Å². The van der Waals surface area contributed by atoms with Gasteiger partial charge in [-0.1, -0.05) is 12.2 Å². The second kappa shape index (κ2) is 4.44. The monoisotopic (exact) mass is 252 g/mol. The van der Waals surface area contributed by atoms with E-state index >= 15 is 0 Å². The molecule has 92 valence electrons. The number of nitrogens with one attached hydrogen (secondary N) is 1. The molecule has 1 amide bonds. The maximum Gasteiger partial charge on any atom is 0.233 e. The van der Waals surface area contributed by atoms with Crippen molar-refractivity contribution in [3.05, 3.63) is 18.2 Å². The maximum absolute atomic E-state index is 11.9. The Morgan fingerprint density at radius 1 is 1.71 bits per heavy atom. The molecule has 2 rings (SSSR count). The van der Waals surface area contributed by atoms with Gasteiger partial charge in [0.1, 0.15) is 5.82 Å². The number of amides is 1. The topological polar surface area (TPSA) is 72.9 Å². The van der Waals surface area contributed by atoms with Crippen molar-refractivity contribution >= 4 is 23.1 Å². The molecule has 0 aromatic carbocycles. The molecule has 0 aliphatic heterocycles. The van der Waals surface area contributed by atoms with Crippen LogP contribution in [0, 0.1) is 5.41 Å². The van der Waals surface area contributed by atoms with E-state index in [2.05, 4.69) is 10.3 Å². The van der Waals surface area contributed by atoms with E-state index in [0.717, 1.165) is 18.7 Å². The van der Waals surface area contributed by atoms with Crippen molar-refractivity contribution in [3.63, 3.8) is 0 Å². The summed E-state index contributed by atoms with van der Waals surface area (Å²) in [4.78, 5) is 16.4. The minimum atomic E-state index is -0.559. The molecule has 1 saturated carbocycles. The van der Waals surface area contributed by atoms with Crippen LogP contribution < -0.4 is 11.1 Å². The number of thiocarbonyl (C=S) groups is 1. The fourth-order valence-electron chi connectivity index (χ4n) is 1.80. The third-order valence-corrected chi connectivity index (χ3v) is 3.60. The zero-order chi connectivity index (χ0) is 12.5. The van der Waals surface area contributed by atoms with Gasteiger partial charge in [0.2, 0.25) is 5.91 Å². The van der Waals surface area contributed by atoms with Crippen LogP contribution in [0.5, 0.6) is 0 Å². The Labute approximate surface area is 105 Å². The minimum Gasteiger partial charge on any atom is -0.392 e. The molecule has 1 heterocycles. The Kier molecular flexibility index (Phi) is 3.15. The highest BCUT2D eigenvalue weighted by Crippen LogP contribution is 2.46. The second-order valence-electron chi connectivity index (χ2n) is 4.41. The van der Waals surface area contributed by atoms with Crippen molar-refractivity contribution in [2.24, 2.45) is 18.2 Å². The van der Waals surface area contributed by atoms with Crippen LogP contribution in [0.15, 0.2) is 12.4 Å². The molecule has 0 saturated heterocycles. The molecule has 3 N–H and O–H groups in total. The number of aromatic nitrogens is 2. The number of hydrogen-bond acceptors (Lipinski definition) is 3. The predicted octanol–water partition coefficient (Wildman–Crippen LogP) is 0.145. The third-order valence-electron chi connectivity index (χ3n) is 3.21. The Morgan fingerprint density at radius 2 is 2.41 bits per heavy atom. The summed E-state index contributed by atoms with van der Waals surface area (Å²) in [5.74, 6) is 0.907. The molecule has 0 bridgehead atoms. The highest BCUT2D eigenvalue weighted by molar-refractivity contribution is 7.80. The van der Waals surface area contributed by atoms with Gasteiger partial charge in [-0.15, -0.1) is 0 Å². The second-order valence-corrected chi connectivity index (χ2v) is 4.85. The van der Waals surface area contributed by atoms with Gasteiger partial charge in [-0.25, -0.2) is 4.98 Å². The number of rotatable bonds is 5. The molecule has 1 aromatic rings. The van der Waals surface area contributed by atoms with Gasteiger partial charge in [0.25, 0.3) is 0 Å². The average Bonchev–Trinajstić information content (AvgIpc) is 3.00. The zero-order valence-corrected chi connectivity index (χ0v) is 10.6. The fraction of sp³-hybridized carbons (Fsp3) is 0.545. The zero-order valence-electron chi connectivity index (χ0n) is 9.77. The van der Waals surface area contributed by atoms with Crippen molar-refractivity contribution in [3.8, 4) is 0 Å². The molecule has 0 atom stereocenters. The lowest BCUT2D eigenvalue weighted by Crippen LogP contribution is -2.40. The van der Waals surface area contributed by atoms with Crippen LogP contribution in [-0.4, -0.2) is 27.0 Å². The quantitative estimate of drug-likeness (QED) is 0.731. The molecular formula is C11H16N4OS. The number of nitrogens with zero attached hydrogens (tertiary/aromatic N) is 2. The molecular weight excluding hydrogens is 236 g/mol. The van der Waals surface area contributed by atoms with Crippen molar-refractivity contribution in [1.82, 2.24) is 14.9 Å². The fourth-order valence-corrected chi connectivity index (χ4v) is 2.10. The Hall–Kier alpha value is -1.43. The Bertz CT molecular complexity index is 450. The normalized spacial score (nSPS) is 16.5. The van der Waals surface area contributed by atoms with Gasteiger partial charge < -0.3 is 15.6 Å². The highest BCUT2D eigenvalue weighted by Gasteiger charge is 2.52. The summed E-state index contributed by atoms with van der Waals surface area (Å²) in [6.07, 6.45) is 5.89. The summed E-state index contributed by atoms with van der Waals surface area (Å²) in [5, 5.41) is 2.87. The van der Waals surface area contributed by atoms with Crippen molar-refractivity contribution in [2.75, 3.05) is 6.54 Å². The first-order chi connectivity index (χ1) is 8.06. The molecule has 0 radical (unpaired) electrons. The van der Waals surface area contributed by atoms with Crippen molar-refractivity contribution < 1.29 is 4.79 Å². The molecule has 6 heteroatoms. The van der Waals surface area contributed by atoms with Crippen LogP contribution in [0.3, 0.4) is 0 Å². The van der Waals surface area contributed by atoms with Gasteiger partial charge in [0, 0.05) is 32.4 Å². The standard InChI is InChI=1S/C11H16N4OS/c1-15-7-6-13-8(15)2-5-14-10(16)11(3-4-11)9(12)17/h6-7H,2-5H2,1H3,(H2,12,17)(H,14,16). The van der Waals surface area contributed by atoms with Crippen LogP contribution in [0.4, 0.5) is 0 Å². The minimum absolute atomic E-state index is 0.0424. The van der Waals surface area contributed by atoms with Crippen molar-refractivity contribution in [2.45, 2.75) is 19.3 Å². The van der Waals surface area contributed by atoms with Gasteiger partial charge in [-0.05, 0) is 12.8 Å². The molecule has 1 fully saturated rings. The molecule has 5 nitrogen and oxygen atoms in total. The summed E-state index contributed by atoms with van der Waals surface area (Å²) in [7, 11) is 1.93. The van der Waals surface area contributed by atoms with Crippen LogP contribution in [0.25, 0.3) is 0 Å². The van der Waals surface area contributed by atoms with Gasteiger partial charge >= 0.3 is 0 Å². The van der Waals surface area contributed by atoms with Crippen LogP contribution in [-0.2, 0) is 18.3 Å². The van der Waals surface area contributed by atoms with E-state index in [0.29, 0.717) is 18.0 Å². The van der Waals surface area contributed by atoms with E-state index in [1.165, 1.54) is 0 Å². The lowest BCUT2D eigenvalue weighted by Gasteiger charge is -2.13. The number of carbonyl (C=O) groups excluding carboxylic acids is 1. The first-order valence-corrected chi connectivity index (χ1v) is 6.01. The number of imidazole rings is 1. The average molecular weight is 252 g/mol. The molecule has 0 spiro atoms. The molecule has 1 aliphatic carbocycles. The Morgan fingerprint density at radius 3 is 2.88 bits per heavy atom. The van der Waals surface area contributed by atoms with E-state index in [1.54, 1.807) is 6.20 Å². The molecule has 1 aliphatic rings. The number of nitrogens with two attached hydrogens (primary N) is 1. The summed E-state index contributed by atoms with van der Waals surface area (Å²) < 4.78 is 1.94. The summed E-state index contributed by atoms with van der Waals surface area (Å²) in [6, 6.07) is 0. The van der Waals surface area contributed by atoms with E-state index in [4.69, 9.17) is 18.0 Å². The van der Waals surface area contributed by atoms with Crippen LogP contribution in [0.2, 0.25) is 0 Å². The lowest BCUT2D eigenvalue weighted by atomic mass is 10.1. The highest BCUT2D eigenvalue weighted by atomic mass is 32.1. The predicted molar refractivity (Wildman–Crippen MR) is 68.4 cm³/mol. The number of carbonyl (C=O) groups is 1. The van der Waals surface area contributed by atoms with Crippen LogP contribution >= 0.6 is 12.2 Å². The van der Waals surface area contributed by atoms with Crippen LogP contribution in [0.1, 0.15) is 18.7 Å². The summed E-state index contributed by atoms with van der Waals surface area (Å²) in [6.45, 7) is 0.564. The largest absolute Gasteiger partial charge is 0.392 e. The number of hydrogen-bond donors (Lipinski definition) is 2. The lowest BCUT2D eigenvalue weighted by molar-refractivity contribution is -0.123. The van der Waals surface area contributed by atoms with E-state index in [1.807, 2.05) is 17.8 Å². The van der Waals surface area contributed by atoms with E-state index in [-0.39, 0.29) is 5.91 Å². The van der Waals surface area contributed by atoms with E-state index < -0.39 is 5.41 Å². The first-order valence-electron chi connectivity index (χ1n) is 5.61. The molecule has 17 heavy (non-hydrogen) atoms. The van der Waals surface area contributed by atoms with E-state index in [9.17, 15) is 4.79 Å². The maximum atomic E-state index is 11.9. The Balaban J connectivity index is 1.82. The van der Waals surface area contributed by atoms with Gasteiger partial charge in [0.05, 0.1) is 10.4 Å². The van der Waals surface area contributed by atoms with Gasteiger partial charge in [-0.2, -0.15) is 0 Å². The summed E-state index contributed by atoms with van der Waals surface area (Å²) >= 11 is 4.92. The molecule has 1 aromatic heterocycles. The first kappa shape index (κ1) is 12.0. The number of aryl methyl sites for hydroxylation is 1. The SMILES string of the molecule is Cn1ccnc1CCNC(=O)C1(C(N)=S)CC1. The smallest absolute Gasteiger partial charge is 0.233 e.